The molecule has 0 fully saturated rings. The molecule has 4 atom stereocenters. The van der Waals surface area contributed by atoms with E-state index in [2.05, 4.69) is 88.2 Å². The van der Waals surface area contributed by atoms with E-state index in [4.69, 9.17) is 39.0 Å². The van der Waals surface area contributed by atoms with Crippen molar-refractivity contribution in [2.75, 3.05) is 39.4 Å². The number of aromatic hydroxyl groups is 2. The molecule has 8 rings (SSSR count). The molecule has 8 aromatic rings. The molecule has 4 unspecified atom stereocenters. The molecule has 8 aromatic carbocycles. The van der Waals surface area contributed by atoms with Gasteiger partial charge < -0.3 is 49.2 Å². The van der Waals surface area contributed by atoms with Gasteiger partial charge in [-0.25, -0.2) is 19.2 Å². The molecule has 0 saturated heterocycles. The summed E-state index contributed by atoms with van der Waals surface area (Å²) in [4.78, 5) is 45.7. The van der Waals surface area contributed by atoms with Crippen LogP contribution < -0.4 is 48.5 Å². The smallest absolute Gasteiger partial charge is 0.870 e. The van der Waals surface area contributed by atoms with Crippen molar-refractivity contribution < 1.29 is 98.0 Å². The predicted octanol–water partition coefficient (Wildman–Crippen LogP) is 19.9. The van der Waals surface area contributed by atoms with Crippen molar-refractivity contribution >= 4 is 39.8 Å². The van der Waals surface area contributed by atoms with Gasteiger partial charge in [-0.05, 0) is 169 Å². The van der Waals surface area contributed by atoms with Gasteiger partial charge in [-0.3, -0.25) is 0 Å². The number of benzene rings is 8. The second kappa shape index (κ2) is 56.6. The number of carbonyl (C=O) groups is 4. The van der Waals surface area contributed by atoms with Crippen LogP contribution >= 0.6 is 15.9 Å². The van der Waals surface area contributed by atoms with Crippen LogP contribution in [-0.2, 0) is 9.47 Å². The summed E-state index contributed by atoms with van der Waals surface area (Å²) in [5, 5.41) is 28.1. The average Bonchev–Trinajstić information content (AvgIpc) is 0.881. The van der Waals surface area contributed by atoms with Crippen LogP contribution in [0.5, 0.6) is 34.5 Å². The van der Waals surface area contributed by atoms with E-state index in [0.29, 0.717) is 77.3 Å². The normalized spacial score (nSPS) is 11.2. The Morgan fingerprint density at radius 1 is 0.363 bits per heavy atom. The van der Waals surface area contributed by atoms with Gasteiger partial charge in [-0.15, -0.1) is 0 Å². The fourth-order valence-electron chi connectivity index (χ4n) is 10.0. The number of phenols is 2. The molecule has 4 N–H and O–H groups in total. The number of methoxy groups -OCH3 is 2. The zero-order valence-electron chi connectivity index (χ0n) is 62.3. The van der Waals surface area contributed by atoms with E-state index < -0.39 is 11.9 Å². The third-order valence-corrected chi connectivity index (χ3v) is 17.6. The topological polar surface area (TPSA) is 214 Å². The minimum Gasteiger partial charge on any atom is -0.870 e. The van der Waals surface area contributed by atoms with Gasteiger partial charge in [0, 0.05) is 5.33 Å². The summed E-state index contributed by atoms with van der Waals surface area (Å²) < 4.78 is 32.1. The molecule has 0 heterocycles. The summed E-state index contributed by atoms with van der Waals surface area (Å²) in [7, 11) is 2.68. The molecule has 0 aliphatic carbocycles. The van der Waals surface area contributed by atoms with Crippen LogP contribution in [0, 0.1) is 23.7 Å². The number of ether oxygens (including phenoxy) is 6. The SMILES string of the molecule is CCCCC(CC)CBr.CCCCC(CC)COc1cccc(C(=O)O)c1.CCCCC(CC)COc1cccc(C(=O)OC)c1.CCCCC(CC)COc1cccc(C(=O)Oc2ccc(-c3ccccc3)cc2)c1.COC(=O)c1cccc(O)c1.Oc1ccc(-c2ccccc2)cc1.[Na+].[OH-]. The van der Waals surface area contributed by atoms with Crippen LogP contribution in [0.4, 0.5) is 0 Å². The van der Waals surface area contributed by atoms with E-state index >= 15 is 0 Å². The maximum Gasteiger partial charge on any atom is 1.00 e. The zero-order valence-corrected chi connectivity index (χ0v) is 65.9. The molecule has 102 heavy (non-hydrogen) atoms. The van der Waals surface area contributed by atoms with Gasteiger partial charge in [0.05, 0.1) is 56.3 Å². The third kappa shape index (κ3) is 38.4. The first-order chi connectivity index (χ1) is 48.5. The maximum absolute atomic E-state index is 12.6. The molecule has 0 amide bonds. The number of carboxylic acid groups (broad SMARTS) is 1. The number of unbranched alkanes of at least 4 members (excludes halogenated alkanes) is 4. The third-order valence-electron chi connectivity index (χ3n) is 16.7. The number of carbonyl (C=O) groups excluding carboxylic acids is 3. The summed E-state index contributed by atoms with van der Waals surface area (Å²) >= 11 is 3.51. The Morgan fingerprint density at radius 3 is 1.03 bits per heavy atom. The van der Waals surface area contributed by atoms with Crippen molar-refractivity contribution in [1.82, 2.24) is 0 Å². The first kappa shape index (κ1) is 92.1. The number of alkyl halides is 1. The Kier molecular flexibility index (Phi) is 51.1. The van der Waals surface area contributed by atoms with Crippen LogP contribution in [-0.4, -0.2) is 84.0 Å². The summed E-state index contributed by atoms with van der Waals surface area (Å²) in [5.41, 5.74) is 6.15. The summed E-state index contributed by atoms with van der Waals surface area (Å²) in [6, 6.07) is 62.0. The van der Waals surface area contributed by atoms with Crippen molar-refractivity contribution in [1.29, 1.82) is 0 Å². The largest absolute Gasteiger partial charge is 1.00 e. The molecule has 0 bridgehead atoms. The Labute approximate surface area is 639 Å². The van der Waals surface area contributed by atoms with Crippen molar-refractivity contribution in [2.24, 2.45) is 23.7 Å². The predicted molar refractivity (Wildman–Crippen MR) is 413 cm³/mol. The monoisotopic (exact) mass is 1470 g/mol. The maximum atomic E-state index is 12.6. The molecule has 0 spiro atoms. The quantitative estimate of drug-likeness (QED) is 0.0151. The fraction of sp³-hybridized carbons (Fsp3) is 0.395. The Balaban J connectivity index is 0.000000638. The number of hydrogen-bond donors (Lipinski definition) is 3. The van der Waals surface area contributed by atoms with Crippen LogP contribution in [0.1, 0.15) is 200 Å². The van der Waals surface area contributed by atoms with E-state index in [9.17, 15) is 19.2 Å². The van der Waals surface area contributed by atoms with Crippen LogP contribution in [0.2, 0.25) is 0 Å². The van der Waals surface area contributed by atoms with E-state index in [1.54, 1.807) is 72.8 Å². The molecule has 0 saturated carbocycles. The molecule has 0 radical (unpaired) electrons. The number of aromatic carboxylic acids is 1. The van der Waals surface area contributed by atoms with Crippen molar-refractivity contribution in [3.63, 3.8) is 0 Å². The molecule has 0 aliphatic rings. The molecule has 548 valence electrons. The van der Waals surface area contributed by atoms with Gasteiger partial charge in [-0.1, -0.05) is 258 Å². The molecule has 0 aliphatic heterocycles. The van der Waals surface area contributed by atoms with Gasteiger partial charge in [0.25, 0.3) is 0 Å². The summed E-state index contributed by atoms with van der Waals surface area (Å²) in [6.07, 6.45) is 19.6. The van der Waals surface area contributed by atoms with E-state index in [0.717, 1.165) is 47.6 Å². The zero-order chi connectivity index (χ0) is 73.1. The number of esters is 3. The number of halogens is 1. The Hall–Kier alpha value is -7.92. The minimum atomic E-state index is -0.918. The molecular formula is C86H112BrNaO14. The van der Waals surface area contributed by atoms with Gasteiger partial charge >= 0.3 is 53.4 Å². The van der Waals surface area contributed by atoms with E-state index in [1.165, 1.54) is 121 Å². The van der Waals surface area contributed by atoms with Crippen molar-refractivity contribution in [2.45, 2.75) is 158 Å². The Morgan fingerprint density at radius 2 is 0.686 bits per heavy atom. The van der Waals surface area contributed by atoms with Gasteiger partial charge in [0.2, 0.25) is 0 Å². The van der Waals surface area contributed by atoms with Crippen LogP contribution in [0.25, 0.3) is 22.3 Å². The minimum absolute atomic E-state index is 0. The van der Waals surface area contributed by atoms with Crippen molar-refractivity contribution in [3.05, 3.63) is 229 Å². The number of hydrogen-bond acceptors (Lipinski definition) is 13. The van der Waals surface area contributed by atoms with E-state index in [1.807, 2.05) is 109 Å². The van der Waals surface area contributed by atoms with Crippen LogP contribution in [0.15, 0.2) is 206 Å². The number of carboxylic acids is 1. The van der Waals surface area contributed by atoms with Crippen LogP contribution in [0.3, 0.4) is 0 Å². The summed E-state index contributed by atoms with van der Waals surface area (Å²) in [6.45, 7) is 19.7. The second-order valence-corrected chi connectivity index (χ2v) is 25.0. The standard InChI is InChI=1S/C27H30O3.C16H24O3.C15H22O3.C12H10O.C8H17Br.C8H8O3.Na.H2O/c1-3-5-10-21(4-2)20-29-26-14-9-13-24(19-26)27(28)30-25-17-15-23(16-18-25)22-11-7-6-8-12-22;1-4-6-8-13(5-2)12-19-15-10-7-9-14(11-15)16(17)18-3;1-3-5-7-12(4-2)11-18-14-9-6-8-13(10-14)15(16)17;13-12-8-6-11(7-9-12)10-4-2-1-3-5-10;1-3-5-6-8(4-2)7-9;1-11-8(10)6-3-2-4-7(9)5-6;;/h6-9,11-19,21H,3-5,10,20H2,1-2H3;7,9-11,13H,4-6,8,12H2,1-3H3;6,8-10,12H,3-5,7,11H2,1-2H3,(H,16,17);1-9,13H;8H,3-7H2,1-2H3;2-5,9H,1H3;;1H2/q;;;;;;+1;/p-1. The van der Waals surface area contributed by atoms with Crippen molar-refractivity contribution in [3.8, 4) is 56.8 Å². The van der Waals surface area contributed by atoms with Gasteiger partial charge in [-0.2, -0.15) is 0 Å². The van der Waals surface area contributed by atoms with Gasteiger partial charge in [0.15, 0.2) is 0 Å². The second-order valence-electron chi connectivity index (χ2n) is 24.4. The van der Waals surface area contributed by atoms with Gasteiger partial charge in [0.1, 0.15) is 34.5 Å². The molecule has 0 aromatic heterocycles. The first-order valence-corrected chi connectivity index (χ1v) is 36.8. The molecular weight excluding hydrogens is 1360 g/mol. The molecule has 14 nitrogen and oxygen atoms in total. The van der Waals surface area contributed by atoms with E-state index in [-0.39, 0.29) is 58.3 Å². The molecule has 16 heteroatoms. The number of rotatable bonds is 33. The average molecular weight is 1470 g/mol. The summed E-state index contributed by atoms with van der Waals surface area (Å²) in [5.74, 6) is 3.51. The fourth-order valence-corrected chi connectivity index (χ4v) is 10.8. The number of phenolic OH excluding ortho intramolecular Hbond substituents is 2. The first-order valence-electron chi connectivity index (χ1n) is 35.7. The Bertz CT molecular complexity index is 3480.